The van der Waals surface area contributed by atoms with Crippen molar-refractivity contribution in [1.29, 1.82) is 0 Å². The smallest absolute Gasteiger partial charge is 0.344 e. The van der Waals surface area contributed by atoms with E-state index in [0.29, 0.717) is 29.4 Å². The molecule has 0 unspecified atom stereocenters. The molecule has 0 aliphatic rings. The van der Waals surface area contributed by atoms with E-state index >= 15 is 0 Å². The van der Waals surface area contributed by atoms with E-state index in [1.54, 1.807) is 12.1 Å². The van der Waals surface area contributed by atoms with E-state index in [1.165, 1.54) is 111 Å². The summed E-state index contributed by atoms with van der Waals surface area (Å²) in [7, 11) is 3.06. The molecule has 0 heterocycles. The third-order valence-electron chi connectivity index (χ3n) is 5.90. The van der Waals surface area contributed by atoms with Crippen LogP contribution in [0.5, 0.6) is 17.2 Å². The highest BCUT2D eigenvalue weighted by Gasteiger charge is 2.16. The SMILES string of the molecule is CCCCCCCCCCCCCCCCCCOc1cc(OC)c(C#[N+][O-])c(OC)c1. The summed E-state index contributed by atoms with van der Waals surface area (Å²) < 4.78 is 16.4. The Labute approximate surface area is 196 Å². The lowest BCUT2D eigenvalue weighted by atomic mass is 10.0. The van der Waals surface area contributed by atoms with Crippen LogP contribution >= 0.6 is 0 Å². The van der Waals surface area contributed by atoms with E-state index in [4.69, 9.17) is 14.2 Å². The van der Waals surface area contributed by atoms with Gasteiger partial charge in [0.1, 0.15) is 17.2 Å². The molecular formula is C27H45NO4. The van der Waals surface area contributed by atoms with Crippen molar-refractivity contribution in [2.24, 2.45) is 0 Å². The number of nitrogens with zero attached hydrogens (tertiary/aromatic N) is 1. The Balaban J connectivity index is 2.01. The van der Waals surface area contributed by atoms with Crippen LogP contribution in [-0.4, -0.2) is 20.8 Å². The van der Waals surface area contributed by atoms with Gasteiger partial charge in [0.25, 0.3) is 0 Å². The number of ether oxygens (including phenoxy) is 3. The van der Waals surface area contributed by atoms with Gasteiger partial charge >= 0.3 is 6.07 Å². The second-order valence-corrected chi connectivity index (χ2v) is 8.56. The van der Waals surface area contributed by atoms with Gasteiger partial charge in [-0.3, -0.25) is 0 Å². The van der Waals surface area contributed by atoms with E-state index in [2.05, 4.69) is 18.0 Å². The molecule has 0 aliphatic carbocycles. The summed E-state index contributed by atoms with van der Waals surface area (Å²) in [5.41, 5.74) is 0.403. The Hall–Kier alpha value is -2.09. The molecule has 5 heteroatoms. The molecule has 0 aliphatic heterocycles. The first-order valence-electron chi connectivity index (χ1n) is 12.7. The molecule has 0 N–H and O–H groups in total. The minimum Gasteiger partial charge on any atom is -0.498 e. The van der Waals surface area contributed by atoms with Crippen LogP contribution in [0.3, 0.4) is 0 Å². The lowest BCUT2D eigenvalue weighted by Gasteiger charge is -2.11. The van der Waals surface area contributed by atoms with E-state index in [0.717, 1.165) is 6.42 Å². The quantitative estimate of drug-likeness (QED) is 0.148. The summed E-state index contributed by atoms with van der Waals surface area (Å²) in [6.07, 6.45) is 21.7. The van der Waals surface area contributed by atoms with Gasteiger partial charge in [0.15, 0.2) is 5.56 Å². The van der Waals surface area contributed by atoms with Crippen molar-refractivity contribution < 1.29 is 14.2 Å². The van der Waals surface area contributed by atoms with Crippen LogP contribution in [0.25, 0.3) is 5.01 Å². The predicted molar refractivity (Wildman–Crippen MR) is 134 cm³/mol. The fraction of sp³-hybridized carbons (Fsp3) is 0.741. The van der Waals surface area contributed by atoms with Gasteiger partial charge < -0.3 is 19.4 Å². The molecule has 1 aromatic rings. The lowest BCUT2D eigenvalue weighted by molar-refractivity contribution is 0.299. The van der Waals surface area contributed by atoms with Gasteiger partial charge in [-0.2, -0.15) is 0 Å². The highest BCUT2D eigenvalue weighted by atomic mass is 16.5. The fourth-order valence-corrected chi connectivity index (χ4v) is 3.97. The van der Waals surface area contributed by atoms with Crippen molar-refractivity contribution in [3.05, 3.63) is 27.9 Å². The predicted octanol–water partition coefficient (Wildman–Crippen LogP) is 8.52. The summed E-state index contributed by atoms with van der Waals surface area (Å²) in [6.45, 7) is 2.93. The number of rotatable bonds is 20. The molecule has 0 saturated heterocycles. The number of hydrogen-bond donors (Lipinski definition) is 0. The largest absolute Gasteiger partial charge is 0.498 e. The van der Waals surface area contributed by atoms with Gasteiger partial charge in [-0.25, -0.2) is 0 Å². The van der Waals surface area contributed by atoms with Crippen molar-refractivity contribution in [2.45, 2.75) is 110 Å². The second kappa shape index (κ2) is 19.6. The highest BCUT2D eigenvalue weighted by Crippen LogP contribution is 2.33. The van der Waals surface area contributed by atoms with E-state index in [-0.39, 0.29) is 0 Å². The van der Waals surface area contributed by atoms with E-state index in [1.807, 2.05) is 0 Å². The minimum atomic E-state index is 0.403. The Bertz CT molecular complexity index is 626. The van der Waals surface area contributed by atoms with Crippen LogP contribution in [0.15, 0.2) is 12.1 Å². The molecule has 0 radical (unpaired) electrons. The molecule has 0 spiro atoms. The summed E-state index contributed by atoms with van der Waals surface area (Å²) in [4.78, 5) is 0. The summed E-state index contributed by atoms with van der Waals surface area (Å²) in [5, 5.41) is 13.2. The molecule has 1 aromatic carbocycles. The second-order valence-electron chi connectivity index (χ2n) is 8.56. The Morgan fingerprint density at radius 2 is 1.09 bits per heavy atom. The maximum atomic E-state index is 10.5. The zero-order valence-electron chi connectivity index (χ0n) is 20.8. The molecule has 0 amide bonds. The van der Waals surface area contributed by atoms with Gasteiger partial charge in [-0.05, 0) is 6.42 Å². The van der Waals surface area contributed by atoms with Crippen LogP contribution in [0.4, 0.5) is 0 Å². The van der Waals surface area contributed by atoms with Crippen molar-refractivity contribution in [2.75, 3.05) is 20.8 Å². The van der Waals surface area contributed by atoms with Crippen molar-refractivity contribution in [1.82, 2.24) is 0 Å². The molecule has 5 nitrogen and oxygen atoms in total. The van der Waals surface area contributed by atoms with Crippen LogP contribution in [0.1, 0.15) is 115 Å². The Morgan fingerprint density at radius 1 is 0.688 bits per heavy atom. The normalized spacial score (nSPS) is 10.5. The molecule has 0 aromatic heterocycles. The standard InChI is InChI=1S/C27H45NO4/c1-4-5-6-7-8-9-10-11-12-13-14-15-16-17-18-19-20-32-24-21-26(30-2)25(23-28-29)27(22-24)31-3/h21-22H,4-20H2,1-3H3. The number of methoxy groups -OCH3 is 2. The third kappa shape index (κ3) is 12.7. The van der Waals surface area contributed by atoms with E-state index < -0.39 is 0 Å². The maximum Gasteiger partial charge on any atom is 0.344 e. The van der Waals surface area contributed by atoms with E-state index in [9.17, 15) is 5.21 Å². The first-order valence-corrected chi connectivity index (χ1v) is 12.7. The van der Waals surface area contributed by atoms with Gasteiger partial charge in [-0.15, -0.1) is 0 Å². The summed E-state index contributed by atoms with van der Waals surface area (Å²) in [5.74, 6) is 1.59. The lowest BCUT2D eigenvalue weighted by Crippen LogP contribution is -2.00. The molecule has 32 heavy (non-hydrogen) atoms. The first-order chi connectivity index (χ1) is 15.8. The van der Waals surface area contributed by atoms with Crippen LogP contribution in [0.2, 0.25) is 0 Å². The first kappa shape index (κ1) is 27.9. The molecule has 0 atom stereocenters. The van der Waals surface area contributed by atoms with Crippen LogP contribution < -0.4 is 14.2 Å². The van der Waals surface area contributed by atoms with Gasteiger partial charge in [0.05, 0.1) is 20.8 Å². The number of unbranched alkanes of at least 4 members (excludes halogenated alkanes) is 15. The average Bonchev–Trinajstić information content (AvgIpc) is 2.81. The van der Waals surface area contributed by atoms with Gasteiger partial charge in [0.2, 0.25) is 0 Å². The van der Waals surface area contributed by atoms with Crippen LogP contribution in [0, 0.1) is 11.3 Å². The minimum absolute atomic E-state index is 0.403. The Morgan fingerprint density at radius 3 is 1.47 bits per heavy atom. The Kier molecular flexibility index (Phi) is 17.1. The highest BCUT2D eigenvalue weighted by molar-refractivity contribution is 5.58. The van der Waals surface area contributed by atoms with Gasteiger partial charge in [-0.1, -0.05) is 103 Å². The topological polar surface area (TPSA) is 55.1 Å². The summed E-state index contributed by atoms with van der Waals surface area (Å²) >= 11 is 0. The fourth-order valence-electron chi connectivity index (χ4n) is 3.97. The maximum absolute atomic E-state index is 10.5. The average molecular weight is 448 g/mol. The zero-order valence-corrected chi connectivity index (χ0v) is 20.8. The zero-order chi connectivity index (χ0) is 23.3. The third-order valence-corrected chi connectivity index (χ3v) is 5.90. The van der Waals surface area contributed by atoms with Crippen LogP contribution in [-0.2, 0) is 0 Å². The number of hydrogen-bond acceptors (Lipinski definition) is 4. The van der Waals surface area contributed by atoms with Crippen molar-refractivity contribution >= 4 is 0 Å². The summed E-state index contributed by atoms with van der Waals surface area (Å²) in [6, 6.07) is 5.84. The van der Waals surface area contributed by atoms with Gasteiger partial charge in [0, 0.05) is 17.1 Å². The molecule has 0 bridgehead atoms. The molecule has 0 saturated carbocycles. The molecule has 182 valence electrons. The number of benzene rings is 1. The monoisotopic (exact) mass is 447 g/mol. The van der Waals surface area contributed by atoms with Crippen molar-refractivity contribution in [3.63, 3.8) is 0 Å². The molecular weight excluding hydrogens is 402 g/mol. The van der Waals surface area contributed by atoms with Crippen molar-refractivity contribution in [3.8, 4) is 23.3 Å². The molecule has 0 fully saturated rings. The molecule has 1 rings (SSSR count).